The summed E-state index contributed by atoms with van der Waals surface area (Å²) in [6.07, 6.45) is 1.93. The summed E-state index contributed by atoms with van der Waals surface area (Å²) < 4.78 is 0.950. The van der Waals surface area contributed by atoms with E-state index in [1.807, 2.05) is 18.2 Å². The molecule has 0 aliphatic rings. The number of hydrogen-bond acceptors (Lipinski definition) is 3. The Kier molecular flexibility index (Phi) is 6.57. The smallest absolute Gasteiger partial charge is 0.230 e. The zero-order valence-corrected chi connectivity index (χ0v) is 13.1. The second-order valence-electron chi connectivity index (χ2n) is 4.05. The van der Waals surface area contributed by atoms with E-state index in [1.165, 1.54) is 11.8 Å². The number of rotatable bonds is 6. The molecular weight excluding hydrogens is 312 g/mol. The SMILES string of the molecule is CCC(CC)NC(=O)CSc1ccc(Br)cc1N. The summed E-state index contributed by atoms with van der Waals surface area (Å²) in [5, 5.41) is 3.01. The van der Waals surface area contributed by atoms with Crippen molar-refractivity contribution in [2.45, 2.75) is 37.6 Å². The van der Waals surface area contributed by atoms with E-state index in [4.69, 9.17) is 5.73 Å². The maximum atomic E-state index is 11.7. The molecule has 0 aliphatic carbocycles. The third-order valence-electron chi connectivity index (χ3n) is 2.68. The summed E-state index contributed by atoms with van der Waals surface area (Å²) in [5.74, 6) is 0.471. The number of carbonyl (C=O) groups excluding carboxylic acids is 1. The lowest BCUT2D eigenvalue weighted by atomic mass is 10.2. The first-order valence-electron chi connectivity index (χ1n) is 6.04. The van der Waals surface area contributed by atoms with Crippen LogP contribution in [-0.4, -0.2) is 17.7 Å². The minimum atomic E-state index is 0.0658. The van der Waals surface area contributed by atoms with Gasteiger partial charge >= 0.3 is 0 Å². The van der Waals surface area contributed by atoms with Crippen LogP contribution in [0.1, 0.15) is 26.7 Å². The second kappa shape index (κ2) is 7.69. The van der Waals surface area contributed by atoms with Gasteiger partial charge in [0.1, 0.15) is 0 Å². The lowest BCUT2D eigenvalue weighted by molar-refractivity contribution is -0.119. The highest BCUT2D eigenvalue weighted by molar-refractivity contribution is 9.10. The summed E-state index contributed by atoms with van der Waals surface area (Å²) >= 11 is 4.83. The van der Waals surface area contributed by atoms with Crippen LogP contribution in [0.15, 0.2) is 27.6 Å². The van der Waals surface area contributed by atoms with E-state index in [0.717, 1.165) is 22.2 Å². The fraction of sp³-hybridized carbons (Fsp3) is 0.462. The quantitative estimate of drug-likeness (QED) is 0.620. The van der Waals surface area contributed by atoms with Crippen molar-refractivity contribution >= 4 is 39.3 Å². The number of amides is 1. The zero-order chi connectivity index (χ0) is 13.5. The average Bonchev–Trinajstić information content (AvgIpc) is 2.35. The van der Waals surface area contributed by atoms with Crippen molar-refractivity contribution in [1.29, 1.82) is 0 Å². The minimum absolute atomic E-state index is 0.0658. The van der Waals surface area contributed by atoms with Crippen LogP contribution < -0.4 is 11.1 Å². The monoisotopic (exact) mass is 330 g/mol. The van der Waals surface area contributed by atoms with Gasteiger partial charge in [-0.25, -0.2) is 0 Å². The molecule has 1 rings (SSSR count). The summed E-state index contributed by atoms with van der Waals surface area (Å²) in [6.45, 7) is 4.16. The van der Waals surface area contributed by atoms with Crippen LogP contribution in [-0.2, 0) is 4.79 Å². The van der Waals surface area contributed by atoms with Gasteiger partial charge in [-0.1, -0.05) is 29.8 Å². The molecule has 0 radical (unpaired) electrons. The number of carbonyl (C=O) groups is 1. The molecule has 0 aromatic heterocycles. The molecule has 3 nitrogen and oxygen atoms in total. The zero-order valence-electron chi connectivity index (χ0n) is 10.7. The van der Waals surface area contributed by atoms with E-state index in [-0.39, 0.29) is 11.9 Å². The third-order valence-corrected chi connectivity index (χ3v) is 4.26. The van der Waals surface area contributed by atoms with Gasteiger partial charge in [-0.2, -0.15) is 0 Å². The lowest BCUT2D eigenvalue weighted by Gasteiger charge is -2.14. The Hall–Kier alpha value is -0.680. The molecule has 1 aromatic rings. The van der Waals surface area contributed by atoms with E-state index in [1.54, 1.807) is 0 Å². The van der Waals surface area contributed by atoms with Crippen LogP contribution in [0.25, 0.3) is 0 Å². The molecular formula is C13H19BrN2OS. The van der Waals surface area contributed by atoms with Gasteiger partial charge in [-0.3, -0.25) is 4.79 Å². The molecule has 0 spiro atoms. The van der Waals surface area contributed by atoms with E-state index < -0.39 is 0 Å². The highest BCUT2D eigenvalue weighted by Gasteiger charge is 2.09. The molecule has 0 saturated carbocycles. The van der Waals surface area contributed by atoms with Gasteiger partial charge in [-0.05, 0) is 31.0 Å². The first kappa shape index (κ1) is 15.4. The van der Waals surface area contributed by atoms with Gasteiger partial charge in [0, 0.05) is 21.1 Å². The number of nitrogens with one attached hydrogen (secondary N) is 1. The molecule has 0 fully saturated rings. The molecule has 18 heavy (non-hydrogen) atoms. The Labute approximate surface area is 121 Å². The molecule has 0 unspecified atom stereocenters. The predicted molar refractivity (Wildman–Crippen MR) is 81.8 cm³/mol. The number of thioether (sulfide) groups is 1. The number of anilines is 1. The van der Waals surface area contributed by atoms with E-state index in [0.29, 0.717) is 11.4 Å². The molecule has 0 saturated heterocycles. The number of hydrogen-bond donors (Lipinski definition) is 2. The Balaban J connectivity index is 2.47. The van der Waals surface area contributed by atoms with Crippen LogP contribution in [0.2, 0.25) is 0 Å². The van der Waals surface area contributed by atoms with Crippen molar-refractivity contribution in [3.63, 3.8) is 0 Å². The van der Waals surface area contributed by atoms with Crippen LogP contribution in [0, 0.1) is 0 Å². The van der Waals surface area contributed by atoms with Gasteiger partial charge < -0.3 is 11.1 Å². The molecule has 100 valence electrons. The largest absolute Gasteiger partial charge is 0.398 e. The molecule has 0 bridgehead atoms. The van der Waals surface area contributed by atoms with E-state index >= 15 is 0 Å². The van der Waals surface area contributed by atoms with Gasteiger partial charge in [0.2, 0.25) is 5.91 Å². The highest BCUT2D eigenvalue weighted by Crippen LogP contribution is 2.27. The summed E-state index contributed by atoms with van der Waals surface area (Å²) in [6, 6.07) is 5.98. The first-order chi connectivity index (χ1) is 8.56. The van der Waals surface area contributed by atoms with Crippen molar-refractivity contribution < 1.29 is 4.79 Å². The van der Waals surface area contributed by atoms with Crippen molar-refractivity contribution in [2.75, 3.05) is 11.5 Å². The standard InChI is InChI=1S/C13H19BrN2OS/c1-3-10(4-2)16-13(17)8-18-12-6-5-9(14)7-11(12)15/h5-7,10H,3-4,8,15H2,1-2H3,(H,16,17). The Morgan fingerprint density at radius 3 is 2.67 bits per heavy atom. The van der Waals surface area contributed by atoms with Gasteiger partial charge in [-0.15, -0.1) is 11.8 Å². The second-order valence-corrected chi connectivity index (χ2v) is 5.98. The Morgan fingerprint density at radius 1 is 1.44 bits per heavy atom. The number of benzene rings is 1. The minimum Gasteiger partial charge on any atom is -0.398 e. The Bertz CT molecular complexity index is 408. The van der Waals surface area contributed by atoms with Crippen molar-refractivity contribution in [3.8, 4) is 0 Å². The molecule has 1 amide bonds. The highest BCUT2D eigenvalue weighted by atomic mass is 79.9. The molecule has 0 atom stereocenters. The van der Waals surface area contributed by atoms with Gasteiger partial charge in [0.15, 0.2) is 0 Å². The molecule has 3 N–H and O–H groups in total. The molecule has 1 aromatic carbocycles. The fourth-order valence-electron chi connectivity index (χ4n) is 1.56. The van der Waals surface area contributed by atoms with E-state index in [2.05, 4.69) is 35.1 Å². The normalized spacial score (nSPS) is 10.7. The fourth-order valence-corrected chi connectivity index (χ4v) is 2.69. The van der Waals surface area contributed by atoms with Crippen LogP contribution >= 0.6 is 27.7 Å². The Morgan fingerprint density at radius 2 is 2.11 bits per heavy atom. The number of nitrogen functional groups attached to an aromatic ring is 1. The maximum Gasteiger partial charge on any atom is 0.230 e. The average molecular weight is 331 g/mol. The van der Waals surface area contributed by atoms with Crippen molar-refractivity contribution in [1.82, 2.24) is 5.32 Å². The maximum absolute atomic E-state index is 11.7. The number of nitrogens with two attached hydrogens (primary N) is 1. The lowest BCUT2D eigenvalue weighted by Crippen LogP contribution is -2.35. The molecule has 0 heterocycles. The van der Waals surface area contributed by atoms with Crippen LogP contribution in [0.5, 0.6) is 0 Å². The predicted octanol–water partition coefficient (Wildman–Crippen LogP) is 3.43. The van der Waals surface area contributed by atoms with Crippen molar-refractivity contribution in [2.24, 2.45) is 0 Å². The van der Waals surface area contributed by atoms with Crippen LogP contribution in [0.4, 0.5) is 5.69 Å². The van der Waals surface area contributed by atoms with Gasteiger partial charge in [0.05, 0.1) is 5.75 Å². The summed E-state index contributed by atoms with van der Waals surface area (Å²) in [7, 11) is 0. The first-order valence-corrected chi connectivity index (χ1v) is 7.81. The summed E-state index contributed by atoms with van der Waals surface area (Å²) in [5.41, 5.74) is 6.58. The van der Waals surface area contributed by atoms with Crippen LogP contribution in [0.3, 0.4) is 0 Å². The third kappa shape index (κ3) is 4.90. The topological polar surface area (TPSA) is 55.1 Å². The molecule has 0 aliphatic heterocycles. The number of halogens is 1. The summed E-state index contributed by atoms with van der Waals surface area (Å²) in [4.78, 5) is 12.7. The van der Waals surface area contributed by atoms with Crippen molar-refractivity contribution in [3.05, 3.63) is 22.7 Å². The van der Waals surface area contributed by atoms with E-state index in [9.17, 15) is 4.79 Å². The van der Waals surface area contributed by atoms with Gasteiger partial charge in [0.25, 0.3) is 0 Å². The molecule has 5 heteroatoms.